The van der Waals surface area contributed by atoms with Crippen LogP contribution in [0.3, 0.4) is 0 Å². The van der Waals surface area contributed by atoms with Gasteiger partial charge in [0.2, 0.25) is 0 Å². The molecule has 3 aromatic heterocycles. The summed E-state index contributed by atoms with van der Waals surface area (Å²) >= 11 is 0. The van der Waals surface area contributed by atoms with E-state index >= 15 is 0 Å². The van der Waals surface area contributed by atoms with Gasteiger partial charge in [-0.1, -0.05) is 72.8 Å². The molecule has 0 N–H and O–H groups in total. The van der Waals surface area contributed by atoms with Crippen molar-refractivity contribution in [1.82, 2.24) is 15.0 Å². The Labute approximate surface area is 311 Å². The van der Waals surface area contributed by atoms with Crippen LogP contribution in [0.5, 0.6) is 0 Å². The van der Waals surface area contributed by atoms with E-state index in [0.29, 0.717) is 16.7 Å². The van der Waals surface area contributed by atoms with Gasteiger partial charge in [-0.05, 0) is 103 Å². The lowest BCUT2D eigenvalue weighted by Gasteiger charge is -2.20. The molecule has 3 aliphatic rings. The van der Waals surface area contributed by atoms with E-state index in [2.05, 4.69) is 69.6 Å². The second-order valence-corrected chi connectivity index (χ2v) is 13.2. The molecular weight excluding hydrogens is 661 g/mol. The summed E-state index contributed by atoms with van der Waals surface area (Å²) in [5, 5.41) is 33.2. The first-order valence-electron chi connectivity index (χ1n) is 17.4. The third-order valence-corrected chi connectivity index (χ3v) is 10.6. The molecule has 0 radical (unpaired) electrons. The Morgan fingerprint density at radius 1 is 0.315 bits per heavy atom. The Bertz CT molecular complexity index is 2640. The maximum Gasteiger partial charge on any atom is 0.100 e. The molecule has 0 spiro atoms. The molecule has 54 heavy (non-hydrogen) atoms. The zero-order valence-electron chi connectivity index (χ0n) is 28.5. The second-order valence-electron chi connectivity index (χ2n) is 13.2. The van der Waals surface area contributed by atoms with Crippen LogP contribution in [-0.2, 0) is 0 Å². The molecule has 3 aliphatic carbocycles. The smallest absolute Gasteiger partial charge is 0.100 e. The highest BCUT2D eigenvalue weighted by Crippen LogP contribution is 2.65. The molecule has 7 aromatic rings. The van der Waals surface area contributed by atoms with E-state index in [9.17, 15) is 15.8 Å². The highest BCUT2D eigenvalue weighted by Gasteiger charge is 2.44. The molecule has 0 amide bonds. The van der Waals surface area contributed by atoms with Gasteiger partial charge < -0.3 is 0 Å². The van der Waals surface area contributed by atoms with Crippen LogP contribution in [0.2, 0.25) is 0 Å². The van der Waals surface area contributed by atoms with Crippen molar-refractivity contribution in [3.8, 4) is 51.6 Å². The zero-order chi connectivity index (χ0) is 36.3. The van der Waals surface area contributed by atoms with E-state index in [1.165, 1.54) is 0 Å². The van der Waals surface area contributed by atoms with Crippen molar-refractivity contribution in [2.45, 2.75) is 0 Å². The van der Waals surface area contributed by atoms with Crippen LogP contribution in [0.4, 0.5) is 0 Å². The summed E-state index contributed by atoms with van der Waals surface area (Å²) in [6, 6.07) is 43.7. The molecule has 3 heterocycles. The Kier molecular flexibility index (Phi) is 6.89. The van der Waals surface area contributed by atoms with Crippen molar-refractivity contribution in [3.05, 3.63) is 196 Å². The Balaban J connectivity index is 1.51. The zero-order valence-corrected chi connectivity index (χ0v) is 28.5. The van der Waals surface area contributed by atoms with Crippen molar-refractivity contribution in [2.24, 2.45) is 0 Å². The van der Waals surface area contributed by atoms with E-state index < -0.39 is 0 Å². The fourth-order valence-electron chi connectivity index (χ4n) is 8.60. The summed E-state index contributed by atoms with van der Waals surface area (Å²) in [4.78, 5) is 12.8. The minimum atomic E-state index is 0.519. The molecule has 6 heteroatoms. The van der Waals surface area contributed by atoms with Crippen molar-refractivity contribution in [3.63, 3.8) is 0 Å². The first-order chi connectivity index (χ1) is 26.7. The monoisotopic (exact) mass is 684 g/mol. The highest BCUT2D eigenvalue weighted by atomic mass is 14.6. The lowest BCUT2D eigenvalue weighted by atomic mass is 9.81. The first kappa shape index (κ1) is 30.8. The van der Waals surface area contributed by atoms with Crippen LogP contribution >= 0.6 is 0 Å². The van der Waals surface area contributed by atoms with Gasteiger partial charge in [-0.2, -0.15) is 15.8 Å². The maximum absolute atomic E-state index is 11.1. The van der Waals surface area contributed by atoms with Gasteiger partial charge in [-0.3, -0.25) is 15.0 Å². The van der Waals surface area contributed by atoms with Crippen LogP contribution in [0.15, 0.2) is 146 Å². The molecule has 6 nitrogen and oxygen atoms in total. The van der Waals surface area contributed by atoms with Crippen molar-refractivity contribution in [2.75, 3.05) is 0 Å². The van der Waals surface area contributed by atoms with Gasteiger partial charge in [0.15, 0.2) is 0 Å². The van der Waals surface area contributed by atoms with Gasteiger partial charge in [0.1, 0.15) is 18.2 Å². The quantitative estimate of drug-likeness (QED) is 0.171. The SMILES string of the molecule is N#C/C(=C1/c2ccccc2-c2c1c1c(c3c2/C(=C(\C#N)c2ccncc2)c2ccccc2-3)/C(=C(\C#N)c2ccncc2)c2ccccc2-1)c1ccncc1. The lowest BCUT2D eigenvalue weighted by Crippen LogP contribution is -2.00. The molecule has 246 valence electrons. The normalized spacial score (nSPS) is 15.3. The standard InChI is InChI=1S/C48H24N6/c49-25-37(28-13-19-52-20-14-28)40-31-7-1-4-10-34(31)43-46(40)44-35-11-5-2-8-32(35)42(39(27-51)30-17-23-54-24-18-30)48(44)45-36-12-6-3-9-33(36)41(47(43)45)38(26-50)29-15-21-53-22-16-29/h1-24H/b40-37+,41-38+,42-39+. The fourth-order valence-corrected chi connectivity index (χ4v) is 8.60. The predicted molar refractivity (Wildman–Crippen MR) is 210 cm³/mol. The predicted octanol–water partition coefficient (Wildman–Crippen LogP) is 10.3. The number of nitrogens with zero attached hydrogens (tertiary/aromatic N) is 6. The molecule has 0 atom stereocenters. The minimum absolute atomic E-state index is 0.519. The van der Waals surface area contributed by atoms with E-state index in [4.69, 9.17) is 0 Å². The Morgan fingerprint density at radius 2 is 0.556 bits per heavy atom. The number of aromatic nitrogens is 3. The average molecular weight is 685 g/mol. The van der Waals surface area contributed by atoms with E-state index in [1.807, 2.05) is 72.8 Å². The Morgan fingerprint density at radius 3 is 0.796 bits per heavy atom. The summed E-state index contributed by atoms with van der Waals surface area (Å²) in [6.45, 7) is 0. The second kappa shape index (κ2) is 12.1. The van der Waals surface area contributed by atoms with Crippen molar-refractivity contribution < 1.29 is 0 Å². The maximum atomic E-state index is 11.1. The molecule has 0 unspecified atom stereocenters. The van der Waals surface area contributed by atoms with Gasteiger partial charge in [0.05, 0.1) is 16.7 Å². The number of benzene rings is 4. The number of fused-ring (bicyclic) bond motifs is 12. The number of hydrogen-bond donors (Lipinski definition) is 0. The largest absolute Gasteiger partial charge is 0.265 e. The van der Waals surface area contributed by atoms with E-state index in [-0.39, 0.29) is 0 Å². The number of nitriles is 3. The Hall–Kier alpha value is -7.98. The van der Waals surface area contributed by atoms with E-state index in [1.54, 1.807) is 37.2 Å². The van der Waals surface area contributed by atoms with Gasteiger partial charge in [-0.15, -0.1) is 0 Å². The van der Waals surface area contributed by atoms with E-state index in [0.717, 1.165) is 100 Å². The summed E-state index contributed by atoms with van der Waals surface area (Å²) in [7, 11) is 0. The summed E-state index contributed by atoms with van der Waals surface area (Å²) in [6.07, 6.45) is 10.2. The number of hydrogen-bond acceptors (Lipinski definition) is 6. The van der Waals surface area contributed by atoms with Crippen molar-refractivity contribution >= 4 is 33.4 Å². The van der Waals surface area contributed by atoms with Crippen LogP contribution in [0, 0.1) is 34.0 Å². The van der Waals surface area contributed by atoms with Crippen molar-refractivity contribution in [1.29, 1.82) is 15.8 Å². The minimum Gasteiger partial charge on any atom is -0.265 e. The summed E-state index contributed by atoms with van der Waals surface area (Å²) < 4.78 is 0. The summed E-state index contributed by atoms with van der Waals surface area (Å²) in [5.41, 5.74) is 17.6. The van der Waals surface area contributed by atoms with Crippen LogP contribution in [0.25, 0.3) is 66.8 Å². The number of allylic oxidation sites excluding steroid dienone is 3. The van der Waals surface area contributed by atoms with Gasteiger partial charge >= 0.3 is 0 Å². The molecule has 4 aromatic carbocycles. The molecule has 0 saturated heterocycles. The molecule has 10 rings (SSSR count). The topological polar surface area (TPSA) is 110 Å². The van der Waals surface area contributed by atoms with Gasteiger partial charge in [-0.25, -0.2) is 0 Å². The molecule has 0 bridgehead atoms. The average Bonchev–Trinajstić information content (AvgIpc) is 3.87. The third-order valence-electron chi connectivity index (χ3n) is 10.6. The number of rotatable bonds is 3. The third kappa shape index (κ3) is 4.22. The van der Waals surface area contributed by atoms with Crippen LogP contribution in [-0.4, -0.2) is 15.0 Å². The van der Waals surface area contributed by atoms with Gasteiger partial charge in [0.25, 0.3) is 0 Å². The molecule has 0 fully saturated rings. The first-order valence-corrected chi connectivity index (χ1v) is 17.4. The van der Waals surface area contributed by atoms with Gasteiger partial charge in [0, 0.05) is 70.6 Å². The summed E-state index contributed by atoms with van der Waals surface area (Å²) in [5.74, 6) is 0. The fraction of sp³-hybridized carbons (Fsp3) is 0. The molecule has 0 aliphatic heterocycles. The number of pyridine rings is 3. The lowest BCUT2D eigenvalue weighted by molar-refractivity contribution is 1.32. The molecular formula is C48H24N6. The highest BCUT2D eigenvalue weighted by molar-refractivity contribution is 6.29. The van der Waals surface area contributed by atoms with Crippen LogP contribution in [0.1, 0.15) is 50.1 Å². The van der Waals surface area contributed by atoms with Crippen LogP contribution < -0.4 is 0 Å². The molecule has 0 saturated carbocycles.